The Balaban J connectivity index is 1.54. The number of halogens is 1. The van der Waals surface area contributed by atoms with Gasteiger partial charge in [-0.25, -0.2) is 9.07 Å². The van der Waals surface area contributed by atoms with E-state index in [2.05, 4.69) is 15.5 Å². The number of rotatable bonds is 7. The largest absolute Gasteiger partial charge is 0.497 e. The number of methoxy groups -OCH3 is 1. The minimum absolute atomic E-state index is 0.134. The first-order chi connectivity index (χ1) is 13.1. The van der Waals surface area contributed by atoms with Crippen LogP contribution in [0.25, 0.3) is 11.4 Å². The first-order valence-electron chi connectivity index (χ1n) is 8.05. The lowest BCUT2D eigenvalue weighted by molar-refractivity contribution is -0.118. The number of benzene rings is 2. The van der Waals surface area contributed by atoms with Crippen LogP contribution in [0.1, 0.15) is 5.56 Å². The topological polar surface area (TPSA) is 95.1 Å². The van der Waals surface area contributed by atoms with Gasteiger partial charge in [-0.2, -0.15) is 0 Å². The van der Waals surface area contributed by atoms with Crippen LogP contribution in [-0.4, -0.2) is 33.6 Å². The SMILES string of the molecule is COc1ccc(CNC(=O)CSc2nnc(-c3cccc(F)c3)n2N)cc1. The molecule has 3 rings (SSSR count). The fraction of sp³-hybridized carbons (Fsp3) is 0.167. The Bertz CT molecular complexity index is 930. The van der Waals surface area contributed by atoms with Crippen LogP contribution >= 0.6 is 11.8 Å². The zero-order valence-electron chi connectivity index (χ0n) is 14.6. The maximum Gasteiger partial charge on any atom is 0.230 e. The second kappa shape index (κ2) is 8.54. The van der Waals surface area contributed by atoms with Gasteiger partial charge in [0, 0.05) is 12.1 Å². The highest BCUT2D eigenvalue weighted by molar-refractivity contribution is 7.99. The molecule has 2 aromatic carbocycles. The van der Waals surface area contributed by atoms with Gasteiger partial charge in [0.15, 0.2) is 5.82 Å². The number of carbonyl (C=O) groups excluding carboxylic acids is 1. The Hall–Kier alpha value is -3.07. The maximum atomic E-state index is 13.3. The van der Waals surface area contributed by atoms with Gasteiger partial charge in [0.25, 0.3) is 0 Å². The van der Waals surface area contributed by atoms with Gasteiger partial charge < -0.3 is 15.9 Å². The molecule has 0 aliphatic rings. The molecule has 0 saturated carbocycles. The number of carbonyl (C=O) groups is 1. The minimum atomic E-state index is -0.386. The number of amides is 1. The third kappa shape index (κ3) is 4.76. The third-order valence-corrected chi connectivity index (χ3v) is 4.67. The van der Waals surface area contributed by atoms with E-state index < -0.39 is 0 Å². The molecular formula is C18H18FN5O2S. The van der Waals surface area contributed by atoms with Gasteiger partial charge in [-0.1, -0.05) is 36.0 Å². The number of nitrogen functional groups attached to an aromatic ring is 1. The molecule has 0 atom stereocenters. The van der Waals surface area contributed by atoms with Crippen molar-refractivity contribution in [2.45, 2.75) is 11.7 Å². The summed E-state index contributed by atoms with van der Waals surface area (Å²) in [6.07, 6.45) is 0. The molecule has 0 bridgehead atoms. The molecule has 0 unspecified atom stereocenters. The van der Waals surface area contributed by atoms with E-state index in [0.717, 1.165) is 23.1 Å². The third-order valence-electron chi connectivity index (χ3n) is 3.73. The summed E-state index contributed by atoms with van der Waals surface area (Å²) in [5.41, 5.74) is 1.48. The van der Waals surface area contributed by atoms with Crippen LogP contribution in [0.4, 0.5) is 4.39 Å². The van der Waals surface area contributed by atoms with Crippen LogP contribution in [0.15, 0.2) is 53.7 Å². The number of nitrogens with two attached hydrogens (primary N) is 1. The quantitative estimate of drug-likeness (QED) is 0.477. The molecule has 0 aliphatic heterocycles. The van der Waals surface area contributed by atoms with E-state index >= 15 is 0 Å². The number of nitrogens with one attached hydrogen (secondary N) is 1. The lowest BCUT2D eigenvalue weighted by Gasteiger charge is -2.06. The van der Waals surface area contributed by atoms with Gasteiger partial charge >= 0.3 is 0 Å². The van der Waals surface area contributed by atoms with Gasteiger partial charge in [0.2, 0.25) is 11.1 Å². The Labute approximate surface area is 159 Å². The van der Waals surface area contributed by atoms with Gasteiger partial charge in [0.05, 0.1) is 12.9 Å². The summed E-state index contributed by atoms with van der Waals surface area (Å²) in [6.45, 7) is 0.410. The summed E-state index contributed by atoms with van der Waals surface area (Å²) in [7, 11) is 1.60. The van der Waals surface area contributed by atoms with Crippen molar-refractivity contribution in [2.24, 2.45) is 0 Å². The molecular weight excluding hydrogens is 369 g/mol. The van der Waals surface area contributed by atoms with E-state index in [-0.39, 0.29) is 17.5 Å². The predicted molar refractivity (Wildman–Crippen MR) is 101 cm³/mol. The molecule has 0 aliphatic carbocycles. The summed E-state index contributed by atoms with van der Waals surface area (Å²) in [4.78, 5) is 12.0. The fourth-order valence-corrected chi connectivity index (χ4v) is 3.01. The normalized spacial score (nSPS) is 10.6. The second-order valence-corrected chi connectivity index (χ2v) is 6.54. The summed E-state index contributed by atoms with van der Waals surface area (Å²) >= 11 is 1.15. The number of hydrogen-bond donors (Lipinski definition) is 2. The number of ether oxygens (including phenoxy) is 1. The first kappa shape index (κ1) is 18.7. The molecule has 3 N–H and O–H groups in total. The van der Waals surface area contributed by atoms with Gasteiger partial charge in [0.1, 0.15) is 11.6 Å². The van der Waals surface area contributed by atoms with Crippen molar-refractivity contribution >= 4 is 17.7 Å². The van der Waals surface area contributed by atoms with Crippen LogP contribution in [0, 0.1) is 5.82 Å². The van der Waals surface area contributed by atoms with E-state index in [4.69, 9.17) is 10.6 Å². The van der Waals surface area contributed by atoms with E-state index in [1.807, 2.05) is 24.3 Å². The Morgan fingerprint density at radius 3 is 2.74 bits per heavy atom. The Kier molecular flexibility index (Phi) is 5.92. The van der Waals surface area contributed by atoms with Crippen LogP contribution in [-0.2, 0) is 11.3 Å². The smallest absolute Gasteiger partial charge is 0.230 e. The molecule has 7 nitrogen and oxygen atoms in total. The van der Waals surface area contributed by atoms with Crippen molar-refractivity contribution in [3.8, 4) is 17.1 Å². The maximum absolute atomic E-state index is 13.3. The lowest BCUT2D eigenvalue weighted by atomic mass is 10.2. The monoisotopic (exact) mass is 387 g/mol. The fourth-order valence-electron chi connectivity index (χ4n) is 2.33. The summed E-state index contributed by atoms with van der Waals surface area (Å²) in [5, 5.41) is 11.1. The van der Waals surface area contributed by atoms with Gasteiger partial charge in [-0.15, -0.1) is 10.2 Å². The molecule has 0 saturated heterocycles. The van der Waals surface area contributed by atoms with Crippen molar-refractivity contribution in [1.29, 1.82) is 0 Å². The van der Waals surface area contributed by atoms with Crippen LogP contribution in [0.3, 0.4) is 0 Å². The summed E-state index contributed by atoms with van der Waals surface area (Å²) in [5.74, 6) is 6.65. The number of aromatic nitrogens is 3. The number of thioether (sulfide) groups is 1. The van der Waals surface area contributed by atoms with E-state index in [0.29, 0.717) is 23.1 Å². The molecule has 0 spiro atoms. The van der Waals surface area contributed by atoms with Gasteiger partial charge in [-0.05, 0) is 29.8 Å². The molecule has 1 amide bonds. The number of nitrogens with zero attached hydrogens (tertiary/aromatic N) is 3. The zero-order valence-corrected chi connectivity index (χ0v) is 15.4. The second-order valence-electron chi connectivity index (χ2n) is 5.60. The molecule has 27 heavy (non-hydrogen) atoms. The van der Waals surface area contributed by atoms with Gasteiger partial charge in [-0.3, -0.25) is 4.79 Å². The highest BCUT2D eigenvalue weighted by Crippen LogP contribution is 2.22. The average molecular weight is 387 g/mol. The molecule has 3 aromatic rings. The Morgan fingerprint density at radius 2 is 2.04 bits per heavy atom. The molecule has 0 radical (unpaired) electrons. The Morgan fingerprint density at radius 1 is 1.26 bits per heavy atom. The first-order valence-corrected chi connectivity index (χ1v) is 9.04. The molecule has 1 heterocycles. The van der Waals surface area contributed by atoms with Crippen molar-refractivity contribution in [3.05, 3.63) is 59.9 Å². The predicted octanol–water partition coefficient (Wildman–Crippen LogP) is 2.22. The highest BCUT2D eigenvalue weighted by Gasteiger charge is 2.14. The van der Waals surface area contributed by atoms with Crippen molar-refractivity contribution in [1.82, 2.24) is 20.2 Å². The van der Waals surface area contributed by atoms with E-state index in [1.165, 1.54) is 16.8 Å². The average Bonchev–Trinajstić information content (AvgIpc) is 3.05. The highest BCUT2D eigenvalue weighted by atomic mass is 32.2. The van der Waals surface area contributed by atoms with E-state index in [1.54, 1.807) is 19.2 Å². The van der Waals surface area contributed by atoms with Crippen molar-refractivity contribution in [3.63, 3.8) is 0 Å². The van der Waals surface area contributed by atoms with Crippen molar-refractivity contribution < 1.29 is 13.9 Å². The molecule has 140 valence electrons. The number of hydrogen-bond acceptors (Lipinski definition) is 6. The summed E-state index contributed by atoms with van der Waals surface area (Å²) < 4.78 is 19.7. The molecule has 0 fully saturated rings. The van der Waals surface area contributed by atoms with Crippen molar-refractivity contribution in [2.75, 3.05) is 18.7 Å². The van der Waals surface area contributed by atoms with Crippen LogP contribution in [0.2, 0.25) is 0 Å². The standard InChI is InChI=1S/C18H18FN5O2S/c1-26-15-7-5-12(6-8-15)10-21-16(25)11-27-18-23-22-17(24(18)20)13-3-2-4-14(19)9-13/h2-9H,10-11,20H2,1H3,(H,21,25). The molecule has 1 aromatic heterocycles. The molecule has 9 heteroatoms. The van der Waals surface area contributed by atoms with E-state index in [9.17, 15) is 9.18 Å². The lowest BCUT2D eigenvalue weighted by Crippen LogP contribution is -2.25. The van der Waals surface area contributed by atoms with Crippen LogP contribution < -0.4 is 15.9 Å². The minimum Gasteiger partial charge on any atom is -0.497 e. The van der Waals surface area contributed by atoms with Crippen LogP contribution in [0.5, 0.6) is 5.75 Å². The summed E-state index contributed by atoms with van der Waals surface area (Å²) in [6, 6.07) is 13.3. The zero-order chi connectivity index (χ0) is 19.2.